The maximum atomic E-state index is 12.2. The SMILES string of the molecule is CSCC[C@H](N)C(=O)N1CCN(C(=O)c2ccco2)CC1.Cl. The minimum Gasteiger partial charge on any atom is -0.459 e. The number of furan rings is 1. The Morgan fingerprint density at radius 3 is 2.50 bits per heavy atom. The second-order valence-corrected chi connectivity index (χ2v) is 5.97. The van der Waals surface area contributed by atoms with Crippen molar-refractivity contribution in [1.29, 1.82) is 0 Å². The van der Waals surface area contributed by atoms with Crippen molar-refractivity contribution < 1.29 is 14.0 Å². The lowest BCUT2D eigenvalue weighted by Crippen LogP contribution is -2.54. The zero-order valence-electron chi connectivity index (χ0n) is 12.6. The lowest BCUT2D eigenvalue weighted by Gasteiger charge is -2.35. The largest absolute Gasteiger partial charge is 0.459 e. The summed E-state index contributed by atoms with van der Waals surface area (Å²) in [6, 6.07) is 2.90. The van der Waals surface area contributed by atoms with Crippen molar-refractivity contribution in [2.45, 2.75) is 12.5 Å². The van der Waals surface area contributed by atoms with Gasteiger partial charge in [0.1, 0.15) is 0 Å². The number of hydrogen-bond donors (Lipinski definition) is 1. The number of amides is 2. The van der Waals surface area contributed by atoms with Crippen molar-refractivity contribution in [2.24, 2.45) is 5.73 Å². The van der Waals surface area contributed by atoms with Crippen LogP contribution >= 0.6 is 24.2 Å². The molecule has 22 heavy (non-hydrogen) atoms. The van der Waals surface area contributed by atoms with Crippen molar-refractivity contribution in [3.63, 3.8) is 0 Å². The molecule has 1 aliphatic rings. The quantitative estimate of drug-likeness (QED) is 0.861. The third-order valence-corrected chi connectivity index (χ3v) is 4.20. The molecule has 1 aromatic heterocycles. The summed E-state index contributed by atoms with van der Waals surface area (Å²) in [5.41, 5.74) is 5.91. The third kappa shape index (κ3) is 4.66. The molecular weight excluding hydrogens is 326 g/mol. The molecule has 0 bridgehead atoms. The van der Waals surface area contributed by atoms with E-state index in [0.717, 1.165) is 5.75 Å². The second kappa shape index (κ2) is 9.07. The van der Waals surface area contributed by atoms with E-state index in [1.54, 1.807) is 33.7 Å². The van der Waals surface area contributed by atoms with Crippen LogP contribution < -0.4 is 5.73 Å². The first kappa shape index (κ1) is 18.9. The maximum Gasteiger partial charge on any atom is 0.289 e. The Labute approximate surface area is 140 Å². The van der Waals surface area contributed by atoms with Crippen LogP contribution in [0.5, 0.6) is 0 Å². The summed E-state index contributed by atoms with van der Waals surface area (Å²) in [6.07, 6.45) is 4.17. The van der Waals surface area contributed by atoms with Crippen molar-refractivity contribution in [3.8, 4) is 0 Å². The Balaban J connectivity index is 0.00000242. The van der Waals surface area contributed by atoms with Gasteiger partial charge in [0.05, 0.1) is 12.3 Å². The summed E-state index contributed by atoms with van der Waals surface area (Å²) in [6.45, 7) is 2.08. The molecule has 0 unspecified atom stereocenters. The highest BCUT2D eigenvalue weighted by Crippen LogP contribution is 2.11. The molecule has 2 heterocycles. The lowest BCUT2D eigenvalue weighted by molar-refractivity contribution is -0.134. The number of nitrogens with zero attached hydrogens (tertiary/aromatic N) is 2. The summed E-state index contributed by atoms with van der Waals surface area (Å²) in [5.74, 6) is 1.07. The van der Waals surface area contributed by atoms with Gasteiger partial charge in [0.15, 0.2) is 5.76 Å². The molecule has 0 aromatic carbocycles. The summed E-state index contributed by atoms with van der Waals surface area (Å²) >= 11 is 1.68. The Morgan fingerprint density at radius 2 is 1.95 bits per heavy atom. The number of carbonyl (C=O) groups is 2. The molecule has 2 rings (SSSR count). The fourth-order valence-corrected chi connectivity index (χ4v) is 2.78. The van der Waals surface area contributed by atoms with E-state index in [9.17, 15) is 9.59 Å². The molecule has 1 aromatic rings. The van der Waals surface area contributed by atoms with E-state index >= 15 is 0 Å². The molecule has 1 fully saturated rings. The van der Waals surface area contributed by atoms with Gasteiger partial charge in [0.2, 0.25) is 5.91 Å². The minimum atomic E-state index is -0.440. The molecule has 0 radical (unpaired) electrons. The van der Waals surface area contributed by atoms with Gasteiger partial charge in [-0.15, -0.1) is 12.4 Å². The summed E-state index contributed by atoms with van der Waals surface area (Å²) in [5, 5.41) is 0. The highest BCUT2D eigenvalue weighted by atomic mass is 35.5. The van der Waals surface area contributed by atoms with Gasteiger partial charge in [-0.05, 0) is 30.6 Å². The zero-order valence-corrected chi connectivity index (χ0v) is 14.2. The van der Waals surface area contributed by atoms with Crippen LogP contribution in [-0.4, -0.2) is 65.8 Å². The number of carbonyl (C=O) groups excluding carboxylic acids is 2. The third-order valence-electron chi connectivity index (χ3n) is 3.56. The van der Waals surface area contributed by atoms with Crippen molar-refractivity contribution in [3.05, 3.63) is 24.2 Å². The number of nitrogens with two attached hydrogens (primary N) is 1. The zero-order chi connectivity index (χ0) is 15.2. The molecule has 124 valence electrons. The van der Waals surface area contributed by atoms with E-state index in [1.165, 1.54) is 6.26 Å². The Morgan fingerprint density at radius 1 is 1.32 bits per heavy atom. The Hall–Kier alpha value is -1.18. The highest BCUT2D eigenvalue weighted by molar-refractivity contribution is 7.98. The van der Waals surface area contributed by atoms with Gasteiger partial charge in [-0.1, -0.05) is 0 Å². The van der Waals surface area contributed by atoms with E-state index in [-0.39, 0.29) is 24.2 Å². The summed E-state index contributed by atoms with van der Waals surface area (Å²) < 4.78 is 5.11. The van der Waals surface area contributed by atoms with Crippen LogP contribution in [-0.2, 0) is 4.79 Å². The van der Waals surface area contributed by atoms with Crippen LogP contribution in [0, 0.1) is 0 Å². The molecule has 0 saturated carbocycles. The predicted octanol–water partition coefficient (Wildman–Crippen LogP) is 1.07. The molecule has 1 saturated heterocycles. The van der Waals surface area contributed by atoms with Gasteiger partial charge in [-0.2, -0.15) is 11.8 Å². The number of rotatable bonds is 5. The van der Waals surface area contributed by atoms with Crippen LogP contribution in [0.4, 0.5) is 0 Å². The van der Waals surface area contributed by atoms with Crippen LogP contribution in [0.25, 0.3) is 0 Å². The average molecular weight is 348 g/mol. The molecule has 6 nitrogen and oxygen atoms in total. The molecule has 8 heteroatoms. The van der Waals surface area contributed by atoms with Gasteiger partial charge in [-0.25, -0.2) is 0 Å². The number of halogens is 1. The normalized spacial score (nSPS) is 16.1. The standard InChI is InChI=1S/C14H21N3O3S.ClH/c1-21-10-4-11(15)13(18)16-5-7-17(8-6-16)14(19)12-3-2-9-20-12;/h2-3,9,11H,4-8,10,15H2,1H3;1H/t11-;/m0./s1. The van der Waals surface area contributed by atoms with Crippen molar-refractivity contribution >= 4 is 36.0 Å². The lowest BCUT2D eigenvalue weighted by atomic mass is 10.2. The van der Waals surface area contributed by atoms with Gasteiger partial charge in [-0.3, -0.25) is 9.59 Å². The first-order valence-corrected chi connectivity index (χ1v) is 8.39. The molecular formula is C14H22ClN3O3S. The van der Waals surface area contributed by atoms with E-state index in [0.29, 0.717) is 38.4 Å². The Kier molecular flexibility index (Phi) is 7.78. The fourth-order valence-electron chi connectivity index (χ4n) is 2.29. The van der Waals surface area contributed by atoms with E-state index in [2.05, 4.69) is 0 Å². The monoisotopic (exact) mass is 347 g/mol. The molecule has 2 N–H and O–H groups in total. The van der Waals surface area contributed by atoms with E-state index < -0.39 is 6.04 Å². The van der Waals surface area contributed by atoms with Crippen molar-refractivity contribution in [2.75, 3.05) is 38.2 Å². The number of piperazine rings is 1. The summed E-state index contributed by atoms with van der Waals surface area (Å²) in [4.78, 5) is 27.7. The van der Waals surface area contributed by atoms with Crippen LogP contribution in [0.1, 0.15) is 17.0 Å². The first-order valence-electron chi connectivity index (χ1n) is 6.99. The molecule has 1 aliphatic heterocycles. The second-order valence-electron chi connectivity index (χ2n) is 4.98. The maximum absolute atomic E-state index is 12.2. The van der Waals surface area contributed by atoms with Gasteiger partial charge >= 0.3 is 0 Å². The topological polar surface area (TPSA) is 79.8 Å². The van der Waals surface area contributed by atoms with Gasteiger partial charge in [0.25, 0.3) is 5.91 Å². The molecule has 2 amide bonds. The van der Waals surface area contributed by atoms with Gasteiger partial charge < -0.3 is 20.0 Å². The van der Waals surface area contributed by atoms with Crippen LogP contribution in [0.15, 0.2) is 22.8 Å². The molecule has 0 spiro atoms. The minimum absolute atomic E-state index is 0. The molecule has 0 aliphatic carbocycles. The van der Waals surface area contributed by atoms with Crippen LogP contribution in [0.3, 0.4) is 0 Å². The Bertz CT molecular complexity index is 476. The molecule has 1 atom stereocenters. The first-order chi connectivity index (χ1) is 10.1. The van der Waals surface area contributed by atoms with Crippen molar-refractivity contribution in [1.82, 2.24) is 9.80 Å². The van der Waals surface area contributed by atoms with Crippen LogP contribution in [0.2, 0.25) is 0 Å². The smallest absolute Gasteiger partial charge is 0.289 e. The number of thioether (sulfide) groups is 1. The highest BCUT2D eigenvalue weighted by Gasteiger charge is 2.28. The van der Waals surface area contributed by atoms with E-state index in [1.807, 2.05) is 6.26 Å². The van der Waals surface area contributed by atoms with Gasteiger partial charge in [0, 0.05) is 26.2 Å². The van der Waals surface area contributed by atoms with E-state index in [4.69, 9.17) is 10.2 Å². The predicted molar refractivity (Wildman–Crippen MR) is 89.4 cm³/mol. The summed E-state index contributed by atoms with van der Waals surface area (Å²) in [7, 11) is 0. The fraction of sp³-hybridized carbons (Fsp3) is 0.571. The average Bonchev–Trinajstić information content (AvgIpc) is 3.05. The number of hydrogen-bond acceptors (Lipinski definition) is 5.